The molecule has 0 fully saturated rings. The Balaban J connectivity index is 2.44. The van der Waals surface area contributed by atoms with Crippen molar-refractivity contribution in [2.45, 2.75) is 6.54 Å². The molecule has 0 bridgehead atoms. The van der Waals surface area contributed by atoms with E-state index in [0.717, 1.165) is 4.57 Å². The number of fused-ring (bicyclic) bond motifs is 1. The van der Waals surface area contributed by atoms with Crippen molar-refractivity contribution in [3.8, 4) is 0 Å². The van der Waals surface area contributed by atoms with Gasteiger partial charge in [0.05, 0.1) is 10.9 Å². The molecule has 19 heavy (non-hydrogen) atoms. The Bertz CT molecular complexity index is 743. The summed E-state index contributed by atoms with van der Waals surface area (Å²) in [5.41, 5.74) is -0.620. The van der Waals surface area contributed by atoms with E-state index in [9.17, 15) is 14.4 Å². The molecular weight excluding hydrogens is 246 g/mol. The minimum absolute atomic E-state index is 0.291. The van der Waals surface area contributed by atoms with Gasteiger partial charge in [-0.2, -0.15) is 0 Å². The molecule has 1 aromatic heterocycles. The van der Waals surface area contributed by atoms with Crippen LogP contribution in [0.25, 0.3) is 10.9 Å². The van der Waals surface area contributed by atoms with E-state index in [0.29, 0.717) is 17.4 Å². The van der Waals surface area contributed by atoms with E-state index in [2.05, 4.69) is 16.9 Å². The summed E-state index contributed by atoms with van der Waals surface area (Å²) >= 11 is 0. The molecule has 0 atom stereocenters. The standard InChI is InChI=1S/C13H13N3O3/c1-2-7-14-11(17)8-16-12(18)9-5-3-4-6-10(9)15-13(16)19/h2-6H,1,7-8H2,(H,14,17)(H,15,19). The zero-order chi connectivity index (χ0) is 13.8. The fraction of sp³-hybridized carbons (Fsp3) is 0.154. The second kappa shape index (κ2) is 5.34. The molecule has 0 radical (unpaired) electrons. The summed E-state index contributed by atoms with van der Waals surface area (Å²) < 4.78 is 0.876. The van der Waals surface area contributed by atoms with Gasteiger partial charge in [0, 0.05) is 6.54 Å². The summed E-state index contributed by atoms with van der Waals surface area (Å²) in [4.78, 5) is 38.0. The number of aromatic nitrogens is 2. The van der Waals surface area contributed by atoms with Gasteiger partial charge in [-0.15, -0.1) is 6.58 Å². The van der Waals surface area contributed by atoms with Gasteiger partial charge in [-0.1, -0.05) is 18.2 Å². The highest BCUT2D eigenvalue weighted by Crippen LogP contribution is 2.02. The zero-order valence-corrected chi connectivity index (χ0v) is 10.2. The first-order valence-electron chi connectivity index (χ1n) is 5.73. The number of H-pyrrole nitrogens is 1. The maximum Gasteiger partial charge on any atom is 0.329 e. The van der Waals surface area contributed by atoms with Crippen molar-refractivity contribution in [1.82, 2.24) is 14.9 Å². The minimum atomic E-state index is -0.600. The Morgan fingerprint density at radius 3 is 2.84 bits per heavy atom. The Morgan fingerprint density at radius 1 is 1.37 bits per heavy atom. The maximum absolute atomic E-state index is 12.1. The number of carbonyl (C=O) groups excluding carboxylic acids is 1. The largest absolute Gasteiger partial charge is 0.351 e. The molecule has 0 spiro atoms. The van der Waals surface area contributed by atoms with Crippen LogP contribution in [-0.2, 0) is 11.3 Å². The first-order chi connectivity index (χ1) is 9.13. The van der Waals surface area contributed by atoms with Crippen LogP contribution in [0.15, 0.2) is 46.5 Å². The van der Waals surface area contributed by atoms with Gasteiger partial charge in [0.2, 0.25) is 5.91 Å². The van der Waals surface area contributed by atoms with Crippen LogP contribution in [0.5, 0.6) is 0 Å². The van der Waals surface area contributed by atoms with Gasteiger partial charge >= 0.3 is 5.69 Å². The normalized spacial score (nSPS) is 10.3. The van der Waals surface area contributed by atoms with Crippen LogP contribution in [0.2, 0.25) is 0 Å². The van der Waals surface area contributed by atoms with E-state index in [1.165, 1.54) is 6.08 Å². The molecule has 98 valence electrons. The Hall–Kier alpha value is -2.63. The lowest BCUT2D eigenvalue weighted by atomic mass is 10.2. The number of nitrogens with one attached hydrogen (secondary N) is 2. The van der Waals surface area contributed by atoms with E-state index in [1.807, 2.05) is 0 Å². The number of benzene rings is 1. The summed E-state index contributed by atoms with van der Waals surface area (Å²) in [5, 5.41) is 2.89. The third-order valence-corrected chi connectivity index (χ3v) is 2.63. The van der Waals surface area contributed by atoms with Gasteiger partial charge in [0.25, 0.3) is 5.56 Å². The molecule has 1 aromatic carbocycles. The number of para-hydroxylation sites is 1. The van der Waals surface area contributed by atoms with E-state index >= 15 is 0 Å². The van der Waals surface area contributed by atoms with Crippen molar-refractivity contribution < 1.29 is 4.79 Å². The Kier molecular flexibility index (Phi) is 3.61. The molecule has 2 aromatic rings. The second-order valence-corrected chi connectivity index (χ2v) is 3.96. The monoisotopic (exact) mass is 259 g/mol. The molecule has 1 heterocycles. The summed E-state index contributed by atoms with van der Waals surface area (Å²) in [7, 11) is 0. The summed E-state index contributed by atoms with van der Waals surface area (Å²) in [6.07, 6.45) is 1.52. The third kappa shape index (κ3) is 2.62. The fourth-order valence-corrected chi connectivity index (χ4v) is 1.73. The highest BCUT2D eigenvalue weighted by Gasteiger charge is 2.10. The lowest BCUT2D eigenvalue weighted by Crippen LogP contribution is -2.40. The lowest BCUT2D eigenvalue weighted by molar-refractivity contribution is -0.121. The lowest BCUT2D eigenvalue weighted by Gasteiger charge is -2.06. The number of hydrogen-bond donors (Lipinski definition) is 2. The Morgan fingerprint density at radius 2 is 2.11 bits per heavy atom. The van der Waals surface area contributed by atoms with Crippen LogP contribution in [0.4, 0.5) is 0 Å². The highest BCUT2D eigenvalue weighted by atomic mass is 16.2. The van der Waals surface area contributed by atoms with Gasteiger partial charge in [0.1, 0.15) is 6.54 Å². The van der Waals surface area contributed by atoms with Crippen LogP contribution < -0.4 is 16.6 Å². The first kappa shape index (κ1) is 12.8. The average Bonchev–Trinajstić information content (AvgIpc) is 2.41. The Labute approximate surface area is 108 Å². The molecule has 6 heteroatoms. The molecule has 1 amide bonds. The molecule has 0 saturated heterocycles. The van der Waals surface area contributed by atoms with E-state index in [-0.39, 0.29) is 6.54 Å². The summed E-state index contributed by atoms with van der Waals surface area (Å²) in [6, 6.07) is 6.66. The predicted octanol–water partition coefficient (Wildman–Crippen LogP) is -0.00800. The number of hydrogen-bond acceptors (Lipinski definition) is 3. The number of rotatable bonds is 4. The van der Waals surface area contributed by atoms with Gasteiger partial charge in [-0.05, 0) is 12.1 Å². The SMILES string of the molecule is C=CCNC(=O)Cn1c(=O)[nH]c2ccccc2c1=O. The van der Waals surface area contributed by atoms with E-state index < -0.39 is 17.2 Å². The van der Waals surface area contributed by atoms with Crippen molar-refractivity contribution in [2.24, 2.45) is 0 Å². The van der Waals surface area contributed by atoms with Crippen molar-refractivity contribution in [3.63, 3.8) is 0 Å². The molecule has 6 nitrogen and oxygen atoms in total. The van der Waals surface area contributed by atoms with Gasteiger partial charge < -0.3 is 10.3 Å². The molecule has 0 saturated carbocycles. The van der Waals surface area contributed by atoms with Crippen molar-refractivity contribution in [2.75, 3.05) is 6.54 Å². The molecule has 0 aliphatic rings. The predicted molar refractivity (Wildman–Crippen MR) is 72.0 cm³/mol. The van der Waals surface area contributed by atoms with Crippen LogP contribution in [0, 0.1) is 0 Å². The third-order valence-electron chi connectivity index (χ3n) is 2.63. The second-order valence-electron chi connectivity index (χ2n) is 3.96. The molecule has 2 rings (SSSR count). The van der Waals surface area contributed by atoms with Crippen LogP contribution in [0.1, 0.15) is 0 Å². The highest BCUT2D eigenvalue weighted by molar-refractivity contribution is 5.78. The number of aromatic amines is 1. The number of carbonyl (C=O) groups is 1. The summed E-state index contributed by atoms with van der Waals surface area (Å²) in [6.45, 7) is 3.44. The van der Waals surface area contributed by atoms with Crippen molar-refractivity contribution in [3.05, 3.63) is 57.8 Å². The van der Waals surface area contributed by atoms with Crippen molar-refractivity contribution >= 4 is 16.8 Å². The quantitative estimate of drug-likeness (QED) is 0.757. The van der Waals surface area contributed by atoms with Gasteiger partial charge in [-0.25, -0.2) is 4.79 Å². The van der Waals surface area contributed by atoms with Gasteiger partial charge in [-0.3, -0.25) is 14.2 Å². The zero-order valence-electron chi connectivity index (χ0n) is 10.2. The fourth-order valence-electron chi connectivity index (χ4n) is 1.73. The van der Waals surface area contributed by atoms with E-state index in [1.54, 1.807) is 24.3 Å². The smallest absolute Gasteiger partial charge is 0.329 e. The molecule has 0 aliphatic carbocycles. The van der Waals surface area contributed by atoms with Crippen LogP contribution in [0.3, 0.4) is 0 Å². The maximum atomic E-state index is 12.1. The van der Waals surface area contributed by atoms with Crippen molar-refractivity contribution in [1.29, 1.82) is 0 Å². The average molecular weight is 259 g/mol. The molecule has 0 aliphatic heterocycles. The summed E-state index contributed by atoms with van der Waals surface area (Å²) in [5.74, 6) is -0.414. The van der Waals surface area contributed by atoms with E-state index in [4.69, 9.17) is 0 Å². The minimum Gasteiger partial charge on any atom is -0.351 e. The van der Waals surface area contributed by atoms with Gasteiger partial charge in [0.15, 0.2) is 0 Å². The molecular formula is C13H13N3O3. The van der Waals surface area contributed by atoms with Crippen LogP contribution in [-0.4, -0.2) is 22.0 Å². The number of nitrogens with zero attached hydrogens (tertiary/aromatic N) is 1. The molecule has 0 unspecified atom stereocenters. The molecule has 2 N–H and O–H groups in total. The topological polar surface area (TPSA) is 84.0 Å². The first-order valence-corrected chi connectivity index (χ1v) is 5.73. The number of amides is 1. The van der Waals surface area contributed by atoms with Crippen LogP contribution >= 0.6 is 0 Å².